The van der Waals surface area contributed by atoms with E-state index in [1.807, 2.05) is 49.4 Å². The van der Waals surface area contributed by atoms with Crippen molar-refractivity contribution >= 4 is 15.9 Å². The van der Waals surface area contributed by atoms with E-state index < -0.39 is 10.0 Å². The minimum Gasteiger partial charge on any atom is -0.491 e. The molecule has 6 nitrogen and oxygen atoms in total. The van der Waals surface area contributed by atoms with E-state index >= 15 is 0 Å². The minimum absolute atomic E-state index is 0.00388. The first-order chi connectivity index (χ1) is 15.6. The van der Waals surface area contributed by atoms with Crippen LogP contribution in [0.25, 0.3) is 0 Å². The van der Waals surface area contributed by atoms with E-state index in [0.29, 0.717) is 39.1 Å². The van der Waals surface area contributed by atoms with Crippen molar-refractivity contribution in [1.82, 2.24) is 9.62 Å². The molecule has 0 bridgehead atoms. The van der Waals surface area contributed by atoms with Gasteiger partial charge >= 0.3 is 0 Å². The van der Waals surface area contributed by atoms with Crippen molar-refractivity contribution in [2.24, 2.45) is 5.92 Å². The number of nitrogens with one attached hydrogen (secondary N) is 1. The Morgan fingerprint density at radius 2 is 1.70 bits per heavy atom. The van der Waals surface area contributed by atoms with Crippen LogP contribution in [-0.2, 0) is 26.0 Å². The summed E-state index contributed by atoms with van der Waals surface area (Å²) in [5.74, 6) is 0.644. The highest BCUT2D eigenvalue weighted by atomic mass is 32.2. The lowest BCUT2D eigenvalue weighted by atomic mass is 9.86. The average Bonchev–Trinajstić information content (AvgIpc) is 2.78. The summed E-state index contributed by atoms with van der Waals surface area (Å²) in [7, 11) is -3.39. The van der Waals surface area contributed by atoms with Crippen molar-refractivity contribution in [1.29, 1.82) is 0 Å². The third-order valence-electron chi connectivity index (χ3n) is 6.17. The maximum absolute atomic E-state index is 12.8. The van der Waals surface area contributed by atoms with Crippen LogP contribution in [0.1, 0.15) is 50.3 Å². The Hall–Kier alpha value is -2.38. The molecule has 1 fully saturated rings. The SMILES string of the molecule is Cc1ccccc1CS(=O)(=O)N1CCC(C(=O)NCCOc2ccccc2C(C)(C)C)CC1. The molecule has 0 unspecified atom stereocenters. The monoisotopic (exact) mass is 472 g/mol. The topological polar surface area (TPSA) is 75.7 Å². The number of rotatable bonds is 8. The Labute approximate surface area is 198 Å². The quantitative estimate of drug-likeness (QED) is 0.589. The molecular weight excluding hydrogens is 436 g/mol. The summed E-state index contributed by atoms with van der Waals surface area (Å²) in [6, 6.07) is 15.5. The zero-order valence-corrected chi connectivity index (χ0v) is 21.0. The number of carbonyl (C=O) groups excluding carboxylic acids is 1. The third-order valence-corrected chi connectivity index (χ3v) is 8.00. The molecule has 0 aromatic heterocycles. The lowest BCUT2D eigenvalue weighted by Gasteiger charge is -2.30. The maximum atomic E-state index is 12.8. The summed E-state index contributed by atoms with van der Waals surface area (Å²) in [5.41, 5.74) is 2.91. The molecule has 0 aliphatic carbocycles. The maximum Gasteiger partial charge on any atom is 0.223 e. The van der Waals surface area contributed by atoms with Gasteiger partial charge in [-0.05, 0) is 47.9 Å². The molecule has 0 saturated carbocycles. The fraction of sp³-hybridized carbons (Fsp3) is 0.500. The molecule has 180 valence electrons. The van der Waals surface area contributed by atoms with Gasteiger partial charge in [-0.1, -0.05) is 63.2 Å². The van der Waals surface area contributed by atoms with Gasteiger partial charge < -0.3 is 10.1 Å². The number of nitrogens with zero attached hydrogens (tertiary/aromatic N) is 1. The first kappa shape index (κ1) is 25.2. The average molecular weight is 473 g/mol. The number of amides is 1. The summed E-state index contributed by atoms with van der Waals surface area (Å²) >= 11 is 0. The number of benzene rings is 2. The molecule has 2 aromatic rings. The van der Waals surface area contributed by atoms with E-state index in [2.05, 4.69) is 32.2 Å². The number of hydrogen-bond donors (Lipinski definition) is 1. The molecule has 1 aliphatic heterocycles. The second kappa shape index (κ2) is 10.7. The van der Waals surface area contributed by atoms with Gasteiger partial charge in [-0.15, -0.1) is 0 Å². The van der Waals surface area contributed by atoms with Crippen LogP contribution in [0.2, 0.25) is 0 Å². The van der Waals surface area contributed by atoms with Crippen molar-refractivity contribution in [3.8, 4) is 5.75 Å². The van der Waals surface area contributed by atoms with Crippen LogP contribution < -0.4 is 10.1 Å². The van der Waals surface area contributed by atoms with E-state index in [1.54, 1.807) is 0 Å². The summed E-state index contributed by atoms with van der Waals surface area (Å²) in [4.78, 5) is 12.6. The Bertz CT molecular complexity index is 1050. The van der Waals surface area contributed by atoms with Gasteiger partial charge in [0.15, 0.2) is 0 Å². The van der Waals surface area contributed by atoms with Crippen molar-refractivity contribution in [3.63, 3.8) is 0 Å². The van der Waals surface area contributed by atoms with E-state index in [0.717, 1.165) is 22.4 Å². The van der Waals surface area contributed by atoms with Crippen LogP contribution in [-0.4, -0.2) is 44.9 Å². The second-order valence-corrected chi connectivity index (χ2v) is 11.7. The van der Waals surface area contributed by atoms with Gasteiger partial charge in [-0.2, -0.15) is 0 Å². The zero-order chi connectivity index (χ0) is 24.1. The molecule has 0 atom stereocenters. The Morgan fingerprint density at radius 3 is 2.36 bits per heavy atom. The molecule has 0 spiro atoms. The standard InChI is InChI=1S/C26H36N2O4S/c1-20-9-5-6-10-22(20)19-33(30,31)28-16-13-21(14-17-28)25(29)27-15-18-32-24-12-8-7-11-23(24)26(2,3)4/h5-12,21H,13-19H2,1-4H3,(H,27,29). The molecule has 7 heteroatoms. The molecule has 1 N–H and O–H groups in total. The van der Waals surface area contributed by atoms with Crippen molar-refractivity contribution in [2.45, 2.75) is 51.7 Å². The highest BCUT2D eigenvalue weighted by molar-refractivity contribution is 7.88. The summed E-state index contributed by atoms with van der Waals surface area (Å²) < 4.78 is 33.1. The predicted octanol–water partition coefficient (Wildman–Crippen LogP) is 4.03. The van der Waals surface area contributed by atoms with Gasteiger partial charge in [0.05, 0.1) is 12.3 Å². The van der Waals surface area contributed by atoms with Crippen molar-refractivity contribution < 1.29 is 17.9 Å². The smallest absolute Gasteiger partial charge is 0.223 e. The largest absolute Gasteiger partial charge is 0.491 e. The molecular formula is C26H36N2O4S. The van der Waals surface area contributed by atoms with E-state index in [-0.39, 0.29) is 23.0 Å². The lowest BCUT2D eigenvalue weighted by Crippen LogP contribution is -2.44. The fourth-order valence-corrected chi connectivity index (χ4v) is 5.81. The van der Waals surface area contributed by atoms with Gasteiger partial charge in [0, 0.05) is 19.0 Å². The number of para-hydroxylation sites is 1. The van der Waals surface area contributed by atoms with Gasteiger partial charge in [0.2, 0.25) is 15.9 Å². The number of carbonyl (C=O) groups is 1. The Kier molecular flexibility index (Phi) is 8.19. The Balaban J connectivity index is 1.44. The van der Waals surface area contributed by atoms with Crippen LogP contribution in [0, 0.1) is 12.8 Å². The zero-order valence-electron chi connectivity index (χ0n) is 20.1. The molecule has 2 aromatic carbocycles. The second-order valence-electron chi connectivity index (χ2n) is 9.74. The molecule has 0 radical (unpaired) electrons. The van der Waals surface area contributed by atoms with Gasteiger partial charge in [0.1, 0.15) is 12.4 Å². The van der Waals surface area contributed by atoms with Gasteiger partial charge in [0.25, 0.3) is 0 Å². The third kappa shape index (κ3) is 6.81. The number of aryl methyl sites for hydroxylation is 1. The molecule has 1 amide bonds. The first-order valence-electron chi connectivity index (χ1n) is 11.6. The van der Waals surface area contributed by atoms with Gasteiger partial charge in [-0.25, -0.2) is 12.7 Å². The molecule has 1 heterocycles. The fourth-order valence-electron chi connectivity index (χ4n) is 4.15. The first-order valence-corrected chi connectivity index (χ1v) is 13.2. The minimum atomic E-state index is -3.39. The molecule has 1 saturated heterocycles. The number of ether oxygens (including phenoxy) is 1. The van der Waals surface area contributed by atoms with Gasteiger partial charge in [-0.3, -0.25) is 4.79 Å². The number of sulfonamides is 1. The molecule has 3 rings (SSSR count). The lowest BCUT2D eigenvalue weighted by molar-refractivity contribution is -0.126. The van der Waals surface area contributed by atoms with Crippen LogP contribution in [0.4, 0.5) is 0 Å². The van der Waals surface area contributed by atoms with E-state index in [9.17, 15) is 13.2 Å². The highest BCUT2D eigenvalue weighted by Crippen LogP contribution is 2.30. The summed E-state index contributed by atoms with van der Waals surface area (Å²) in [6.45, 7) is 9.92. The van der Waals surface area contributed by atoms with Crippen LogP contribution in [0.3, 0.4) is 0 Å². The normalized spacial score (nSPS) is 15.9. The van der Waals surface area contributed by atoms with E-state index in [1.165, 1.54) is 4.31 Å². The van der Waals surface area contributed by atoms with E-state index in [4.69, 9.17) is 4.74 Å². The summed E-state index contributed by atoms with van der Waals surface area (Å²) in [5, 5.41) is 2.95. The number of piperidine rings is 1. The Morgan fingerprint density at radius 1 is 1.06 bits per heavy atom. The summed E-state index contributed by atoms with van der Waals surface area (Å²) in [6.07, 6.45) is 1.07. The van der Waals surface area contributed by atoms with Crippen LogP contribution in [0.15, 0.2) is 48.5 Å². The van der Waals surface area contributed by atoms with Crippen molar-refractivity contribution in [2.75, 3.05) is 26.2 Å². The van der Waals surface area contributed by atoms with Crippen LogP contribution >= 0.6 is 0 Å². The molecule has 1 aliphatic rings. The highest BCUT2D eigenvalue weighted by Gasteiger charge is 2.31. The van der Waals surface area contributed by atoms with Crippen molar-refractivity contribution in [3.05, 3.63) is 65.2 Å². The number of hydrogen-bond acceptors (Lipinski definition) is 4. The van der Waals surface area contributed by atoms with Crippen LogP contribution in [0.5, 0.6) is 5.75 Å². The molecule has 33 heavy (non-hydrogen) atoms. The predicted molar refractivity (Wildman–Crippen MR) is 132 cm³/mol.